The maximum Gasteiger partial charge on any atom is 0.191 e. The van der Waals surface area contributed by atoms with Crippen molar-refractivity contribution in [3.8, 4) is 5.69 Å². The molecular weight excluding hydrogens is 503 g/mol. The second-order valence-corrected chi connectivity index (χ2v) is 7.72. The molecule has 1 aromatic carbocycles. The van der Waals surface area contributed by atoms with Crippen molar-refractivity contribution in [2.75, 3.05) is 39.9 Å². The maximum absolute atomic E-state index is 5.56. The number of rotatable bonds is 9. The van der Waals surface area contributed by atoms with Crippen LogP contribution < -0.4 is 10.6 Å². The van der Waals surface area contributed by atoms with E-state index in [2.05, 4.69) is 63.7 Å². The third kappa shape index (κ3) is 7.47. The van der Waals surface area contributed by atoms with Gasteiger partial charge in [0, 0.05) is 51.7 Å². The Balaban J connectivity index is 0.00000341. The van der Waals surface area contributed by atoms with Gasteiger partial charge in [0.1, 0.15) is 0 Å². The first-order chi connectivity index (χ1) is 14.7. The average Bonchev–Trinajstić information content (AvgIpc) is 3.34. The summed E-state index contributed by atoms with van der Waals surface area (Å²) in [6.45, 7) is 9.89. The number of nitrogens with one attached hydrogen (secondary N) is 2. The molecule has 0 spiro atoms. The van der Waals surface area contributed by atoms with Crippen LogP contribution in [0, 0.1) is 5.92 Å². The molecule has 0 bridgehead atoms. The zero-order valence-electron chi connectivity index (χ0n) is 19.0. The Morgan fingerprint density at radius 1 is 1.13 bits per heavy atom. The van der Waals surface area contributed by atoms with Crippen molar-refractivity contribution in [3.05, 3.63) is 48.3 Å². The maximum atomic E-state index is 5.56. The van der Waals surface area contributed by atoms with E-state index in [1.807, 2.05) is 24.0 Å². The highest BCUT2D eigenvalue weighted by atomic mass is 127. The minimum absolute atomic E-state index is 0. The molecule has 7 nitrogen and oxygen atoms in total. The lowest BCUT2D eigenvalue weighted by molar-refractivity contribution is 0.00272. The highest BCUT2D eigenvalue weighted by molar-refractivity contribution is 14.0. The van der Waals surface area contributed by atoms with E-state index in [-0.39, 0.29) is 24.0 Å². The number of aliphatic imine (C=N–C) groups is 1. The van der Waals surface area contributed by atoms with E-state index in [4.69, 9.17) is 4.74 Å². The van der Waals surface area contributed by atoms with Crippen LogP contribution in [0.5, 0.6) is 0 Å². The van der Waals surface area contributed by atoms with E-state index in [0.29, 0.717) is 12.0 Å². The molecule has 8 heteroatoms. The largest absolute Gasteiger partial charge is 0.379 e. The Bertz CT molecular complexity index is 755. The molecule has 1 aromatic heterocycles. The molecule has 2 N–H and O–H groups in total. The predicted octanol–water partition coefficient (Wildman–Crippen LogP) is 3.29. The smallest absolute Gasteiger partial charge is 0.191 e. The molecule has 31 heavy (non-hydrogen) atoms. The van der Waals surface area contributed by atoms with Gasteiger partial charge in [0.2, 0.25) is 0 Å². The fourth-order valence-corrected chi connectivity index (χ4v) is 4.13. The van der Waals surface area contributed by atoms with Gasteiger partial charge >= 0.3 is 0 Å². The minimum Gasteiger partial charge on any atom is -0.379 e. The van der Waals surface area contributed by atoms with Gasteiger partial charge in [-0.2, -0.15) is 5.10 Å². The summed E-state index contributed by atoms with van der Waals surface area (Å²) in [5.41, 5.74) is 2.27. The Morgan fingerprint density at radius 3 is 2.42 bits per heavy atom. The normalized spacial score (nSPS) is 16.1. The van der Waals surface area contributed by atoms with E-state index in [1.165, 1.54) is 18.4 Å². The molecule has 172 valence electrons. The van der Waals surface area contributed by atoms with Crippen LogP contribution in [0.1, 0.15) is 32.3 Å². The van der Waals surface area contributed by atoms with Gasteiger partial charge < -0.3 is 15.4 Å². The number of hydrogen-bond donors (Lipinski definition) is 2. The molecular formula is C23H37IN6O. The summed E-state index contributed by atoms with van der Waals surface area (Å²) in [4.78, 5) is 7.01. The number of ether oxygens (including phenoxy) is 1. The van der Waals surface area contributed by atoms with E-state index in [9.17, 15) is 0 Å². The number of benzene rings is 1. The Morgan fingerprint density at radius 2 is 1.84 bits per heavy atom. The van der Waals surface area contributed by atoms with Crippen LogP contribution >= 0.6 is 24.0 Å². The van der Waals surface area contributed by atoms with Crippen LogP contribution in [-0.4, -0.2) is 66.6 Å². The second-order valence-electron chi connectivity index (χ2n) is 7.72. The van der Waals surface area contributed by atoms with Crippen molar-refractivity contribution in [2.45, 2.75) is 39.3 Å². The first-order valence-corrected chi connectivity index (χ1v) is 11.1. The molecule has 1 saturated heterocycles. The number of aromatic nitrogens is 2. The summed E-state index contributed by atoms with van der Waals surface area (Å²) >= 11 is 0. The van der Waals surface area contributed by atoms with Crippen molar-refractivity contribution >= 4 is 29.9 Å². The predicted molar refractivity (Wildman–Crippen MR) is 137 cm³/mol. The highest BCUT2D eigenvalue weighted by Crippen LogP contribution is 2.19. The number of guanidine groups is 1. The lowest BCUT2D eigenvalue weighted by atomic mass is 9.92. The number of morpholine rings is 1. The molecule has 1 unspecified atom stereocenters. The summed E-state index contributed by atoms with van der Waals surface area (Å²) in [6, 6.07) is 10.8. The first-order valence-electron chi connectivity index (χ1n) is 11.1. The summed E-state index contributed by atoms with van der Waals surface area (Å²) in [5.74, 6) is 1.51. The van der Waals surface area contributed by atoms with E-state index < -0.39 is 0 Å². The summed E-state index contributed by atoms with van der Waals surface area (Å²) in [6.07, 6.45) is 6.12. The third-order valence-corrected chi connectivity index (χ3v) is 5.98. The van der Waals surface area contributed by atoms with Gasteiger partial charge in [-0.05, 0) is 29.7 Å². The van der Waals surface area contributed by atoms with Crippen molar-refractivity contribution in [1.82, 2.24) is 25.3 Å². The quantitative estimate of drug-likeness (QED) is 0.291. The molecule has 3 rings (SSSR count). The Labute approximate surface area is 203 Å². The zero-order chi connectivity index (χ0) is 21.2. The zero-order valence-corrected chi connectivity index (χ0v) is 21.3. The molecule has 0 saturated carbocycles. The van der Waals surface area contributed by atoms with Crippen molar-refractivity contribution in [2.24, 2.45) is 10.9 Å². The van der Waals surface area contributed by atoms with E-state index in [1.54, 1.807) is 6.20 Å². The van der Waals surface area contributed by atoms with Crippen LogP contribution in [0.4, 0.5) is 0 Å². The van der Waals surface area contributed by atoms with Crippen molar-refractivity contribution < 1.29 is 4.74 Å². The molecule has 1 aliphatic rings. The molecule has 1 fully saturated rings. The SMILES string of the molecule is CCC(CC)C(CNC(=NC)NCc1ccc(-n2cccn2)cc1)N1CCOCC1.I. The van der Waals surface area contributed by atoms with E-state index in [0.717, 1.165) is 51.0 Å². The molecule has 1 atom stereocenters. The van der Waals surface area contributed by atoms with Crippen molar-refractivity contribution in [3.63, 3.8) is 0 Å². The summed E-state index contributed by atoms with van der Waals surface area (Å²) < 4.78 is 7.42. The fourth-order valence-electron chi connectivity index (χ4n) is 4.13. The Kier molecular flexibility index (Phi) is 11.3. The average molecular weight is 540 g/mol. The van der Waals surface area contributed by atoms with Crippen molar-refractivity contribution in [1.29, 1.82) is 0 Å². The topological polar surface area (TPSA) is 66.7 Å². The molecule has 2 heterocycles. The minimum atomic E-state index is 0. The molecule has 1 aliphatic heterocycles. The van der Waals surface area contributed by atoms with Gasteiger partial charge in [-0.1, -0.05) is 38.8 Å². The van der Waals surface area contributed by atoms with Gasteiger partial charge in [-0.3, -0.25) is 9.89 Å². The Hall–Kier alpha value is -1.65. The first kappa shape index (κ1) is 25.6. The van der Waals surface area contributed by atoms with Gasteiger partial charge in [0.05, 0.1) is 18.9 Å². The number of halogens is 1. The van der Waals surface area contributed by atoms with Crippen LogP contribution in [0.2, 0.25) is 0 Å². The number of hydrogen-bond acceptors (Lipinski definition) is 4. The summed E-state index contributed by atoms with van der Waals surface area (Å²) in [5, 5.41) is 11.3. The van der Waals surface area contributed by atoms with Crippen LogP contribution in [0.25, 0.3) is 5.69 Å². The van der Waals surface area contributed by atoms with E-state index >= 15 is 0 Å². The third-order valence-electron chi connectivity index (χ3n) is 5.98. The van der Waals surface area contributed by atoms with Gasteiger partial charge in [-0.15, -0.1) is 24.0 Å². The standard InChI is InChI=1S/C23H36N6O.HI/c1-4-20(5-2)22(28-13-15-30-16-14-28)18-26-23(24-3)25-17-19-7-9-21(10-8-19)29-12-6-11-27-29;/h6-12,20,22H,4-5,13-18H2,1-3H3,(H2,24,25,26);1H. The molecule has 0 radical (unpaired) electrons. The lowest BCUT2D eigenvalue weighted by Crippen LogP contribution is -2.53. The monoisotopic (exact) mass is 540 g/mol. The molecule has 0 amide bonds. The second kappa shape index (κ2) is 13.7. The highest BCUT2D eigenvalue weighted by Gasteiger charge is 2.26. The van der Waals surface area contributed by atoms with Crippen LogP contribution in [0.3, 0.4) is 0 Å². The lowest BCUT2D eigenvalue weighted by Gasteiger charge is -2.39. The van der Waals surface area contributed by atoms with Gasteiger partial charge in [0.25, 0.3) is 0 Å². The van der Waals surface area contributed by atoms with Gasteiger partial charge in [-0.25, -0.2) is 4.68 Å². The van der Waals surface area contributed by atoms with Gasteiger partial charge in [0.15, 0.2) is 5.96 Å². The molecule has 2 aromatic rings. The summed E-state index contributed by atoms with van der Waals surface area (Å²) in [7, 11) is 1.83. The fraction of sp³-hybridized carbons (Fsp3) is 0.565. The molecule has 0 aliphatic carbocycles. The van der Waals surface area contributed by atoms with Crippen LogP contribution in [0.15, 0.2) is 47.7 Å². The number of nitrogens with zero attached hydrogens (tertiary/aromatic N) is 4. The van der Waals surface area contributed by atoms with Crippen LogP contribution in [-0.2, 0) is 11.3 Å².